The first kappa shape index (κ1) is 17.9. The summed E-state index contributed by atoms with van der Waals surface area (Å²) in [6, 6.07) is 16.6. The Balaban J connectivity index is 1.56. The van der Waals surface area contributed by atoms with Crippen LogP contribution in [0.15, 0.2) is 53.3 Å². The van der Waals surface area contributed by atoms with Gasteiger partial charge in [0, 0.05) is 36.1 Å². The van der Waals surface area contributed by atoms with Crippen LogP contribution in [0.4, 0.5) is 5.82 Å². The molecule has 148 valence electrons. The van der Waals surface area contributed by atoms with Gasteiger partial charge >= 0.3 is 0 Å². The number of aromatic nitrogens is 3. The average molecular weight is 388 g/mol. The van der Waals surface area contributed by atoms with Crippen LogP contribution in [0.5, 0.6) is 0 Å². The third-order valence-electron chi connectivity index (χ3n) is 5.88. The number of fused-ring (bicyclic) bond motifs is 2. The molecule has 2 aromatic heterocycles. The van der Waals surface area contributed by atoms with Crippen molar-refractivity contribution in [2.75, 3.05) is 18.5 Å². The largest absolute Gasteiger partial charge is 0.381 e. The summed E-state index contributed by atoms with van der Waals surface area (Å²) in [5.74, 6) is 0.877. The van der Waals surface area contributed by atoms with E-state index in [1.165, 1.54) is 0 Å². The molecule has 3 heterocycles. The molecule has 2 aromatic carbocycles. The normalized spacial score (nSPS) is 16.3. The van der Waals surface area contributed by atoms with Gasteiger partial charge in [0.15, 0.2) is 5.82 Å². The van der Waals surface area contributed by atoms with E-state index in [9.17, 15) is 4.79 Å². The molecule has 0 spiro atoms. The summed E-state index contributed by atoms with van der Waals surface area (Å²) >= 11 is 0. The Bertz CT molecular complexity index is 1210. The average Bonchev–Trinajstić information content (AvgIpc) is 3.14. The number of nitrogens with zero attached hydrogens (tertiary/aromatic N) is 1. The zero-order valence-electron chi connectivity index (χ0n) is 16.4. The lowest BCUT2D eigenvalue weighted by Crippen LogP contribution is -2.28. The highest BCUT2D eigenvalue weighted by atomic mass is 16.5. The second-order valence-corrected chi connectivity index (χ2v) is 7.77. The van der Waals surface area contributed by atoms with E-state index in [2.05, 4.69) is 45.6 Å². The van der Waals surface area contributed by atoms with Crippen LogP contribution < -0.4 is 10.9 Å². The topological polar surface area (TPSA) is 82.8 Å². The maximum absolute atomic E-state index is 12.7. The number of pyridine rings is 1. The lowest BCUT2D eigenvalue weighted by molar-refractivity contribution is 0.0904. The summed E-state index contributed by atoms with van der Waals surface area (Å²) in [5.41, 5.74) is 3.57. The van der Waals surface area contributed by atoms with Crippen LogP contribution in [-0.4, -0.2) is 34.4 Å². The number of rotatable bonds is 4. The summed E-state index contributed by atoms with van der Waals surface area (Å²) in [6.45, 7) is 3.64. The lowest BCUT2D eigenvalue weighted by atomic mass is 9.93. The molecule has 0 bridgehead atoms. The van der Waals surface area contributed by atoms with Gasteiger partial charge in [-0.1, -0.05) is 37.3 Å². The van der Waals surface area contributed by atoms with E-state index in [1.807, 2.05) is 30.3 Å². The SMILES string of the molecule is C[C@H](c1ccccc1)c1cc2cc3c(NC4CCOCC4)n[nH]c3cc2[nH]c1=O. The molecule has 1 fully saturated rings. The van der Waals surface area contributed by atoms with Crippen LogP contribution in [0.3, 0.4) is 0 Å². The van der Waals surface area contributed by atoms with Crippen molar-refractivity contribution in [3.05, 3.63) is 70.0 Å². The first-order valence-electron chi connectivity index (χ1n) is 10.1. The predicted octanol–water partition coefficient (Wildman–Crippen LogP) is 4.15. The maximum Gasteiger partial charge on any atom is 0.252 e. The van der Waals surface area contributed by atoms with Gasteiger partial charge in [-0.15, -0.1) is 0 Å². The van der Waals surface area contributed by atoms with Crippen molar-refractivity contribution < 1.29 is 4.74 Å². The van der Waals surface area contributed by atoms with Crippen molar-refractivity contribution >= 4 is 27.6 Å². The number of nitrogens with one attached hydrogen (secondary N) is 3. The summed E-state index contributed by atoms with van der Waals surface area (Å²) in [5, 5.41) is 13.1. The highest BCUT2D eigenvalue weighted by Gasteiger charge is 2.18. The van der Waals surface area contributed by atoms with Gasteiger partial charge in [-0.05, 0) is 42.0 Å². The quantitative estimate of drug-likeness (QED) is 0.490. The van der Waals surface area contributed by atoms with Gasteiger partial charge in [-0.25, -0.2) is 0 Å². The Labute approximate surface area is 168 Å². The van der Waals surface area contributed by atoms with E-state index in [4.69, 9.17) is 4.74 Å². The van der Waals surface area contributed by atoms with E-state index in [0.717, 1.165) is 64.8 Å². The number of aromatic amines is 2. The number of anilines is 1. The Kier molecular flexibility index (Phi) is 4.56. The van der Waals surface area contributed by atoms with Gasteiger partial charge < -0.3 is 15.0 Å². The van der Waals surface area contributed by atoms with Crippen molar-refractivity contribution in [1.29, 1.82) is 0 Å². The highest BCUT2D eigenvalue weighted by Crippen LogP contribution is 2.29. The summed E-state index contributed by atoms with van der Waals surface area (Å²) in [6.07, 6.45) is 1.96. The van der Waals surface area contributed by atoms with Crippen molar-refractivity contribution in [2.24, 2.45) is 0 Å². The summed E-state index contributed by atoms with van der Waals surface area (Å²) < 4.78 is 5.45. The number of H-pyrrole nitrogens is 2. The van der Waals surface area contributed by atoms with Crippen LogP contribution in [0.2, 0.25) is 0 Å². The van der Waals surface area contributed by atoms with Crippen LogP contribution in [0.1, 0.15) is 36.8 Å². The van der Waals surface area contributed by atoms with E-state index in [-0.39, 0.29) is 11.5 Å². The fourth-order valence-corrected chi connectivity index (χ4v) is 4.12. The van der Waals surface area contributed by atoms with Crippen molar-refractivity contribution in [2.45, 2.75) is 31.7 Å². The third kappa shape index (κ3) is 3.40. The number of hydrogen-bond donors (Lipinski definition) is 3. The van der Waals surface area contributed by atoms with Crippen molar-refractivity contribution in [3.63, 3.8) is 0 Å². The Hall–Kier alpha value is -3.12. The molecule has 0 aliphatic carbocycles. The van der Waals surface area contributed by atoms with E-state index in [1.54, 1.807) is 0 Å². The third-order valence-corrected chi connectivity index (χ3v) is 5.88. The highest BCUT2D eigenvalue weighted by molar-refractivity contribution is 6.00. The molecule has 5 rings (SSSR count). The zero-order chi connectivity index (χ0) is 19.8. The van der Waals surface area contributed by atoms with Crippen LogP contribution in [-0.2, 0) is 4.74 Å². The molecule has 29 heavy (non-hydrogen) atoms. The fraction of sp³-hybridized carbons (Fsp3) is 0.304. The van der Waals surface area contributed by atoms with Gasteiger partial charge in [0.25, 0.3) is 5.56 Å². The van der Waals surface area contributed by atoms with Gasteiger partial charge in [0.05, 0.1) is 11.0 Å². The fourth-order valence-electron chi connectivity index (χ4n) is 4.12. The van der Waals surface area contributed by atoms with Gasteiger partial charge in [-0.2, -0.15) is 5.10 Å². The molecule has 0 radical (unpaired) electrons. The summed E-state index contributed by atoms with van der Waals surface area (Å²) in [7, 11) is 0. The van der Waals surface area contributed by atoms with E-state index < -0.39 is 0 Å². The monoisotopic (exact) mass is 388 g/mol. The van der Waals surface area contributed by atoms with Crippen LogP contribution >= 0.6 is 0 Å². The minimum atomic E-state index is -0.0479. The number of ether oxygens (including phenoxy) is 1. The summed E-state index contributed by atoms with van der Waals surface area (Å²) in [4.78, 5) is 15.8. The number of hydrogen-bond acceptors (Lipinski definition) is 4. The minimum Gasteiger partial charge on any atom is -0.381 e. The Morgan fingerprint density at radius 3 is 2.69 bits per heavy atom. The molecule has 3 N–H and O–H groups in total. The van der Waals surface area contributed by atoms with Crippen molar-refractivity contribution in [1.82, 2.24) is 15.2 Å². The first-order chi connectivity index (χ1) is 14.2. The van der Waals surface area contributed by atoms with Crippen LogP contribution in [0.25, 0.3) is 21.8 Å². The molecular weight excluding hydrogens is 364 g/mol. The molecule has 1 saturated heterocycles. The molecular formula is C23H24N4O2. The molecule has 0 amide bonds. The Morgan fingerprint density at radius 1 is 1.10 bits per heavy atom. The molecule has 4 aromatic rings. The standard InChI is InChI=1S/C23H24N4O2/c1-14(15-5-3-2-4-6-15)18-11-16-12-19-21(13-20(16)25-23(18)28)26-27-22(19)24-17-7-9-29-10-8-17/h2-6,11-14,17H,7-10H2,1H3,(H,25,28)(H2,24,26,27)/t14-/m1/s1. The zero-order valence-corrected chi connectivity index (χ0v) is 16.4. The molecule has 0 saturated carbocycles. The van der Waals surface area contributed by atoms with E-state index in [0.29, 0.717) is 6.04 Å². The van der Waals surface area contributed by atoms with Crippen LogP contribution in [0, 0.1) is 0 Å². The Morgan fingerprint density at radius 2 is 1.90 bits per heavy atom. The van der Waals surface area contributed by atoms with Gasteiger partial charge in [-0.3, -0.25) is 9.89 Å². The molecule has 0 unspecified atom stereocenters. The predicted molar refractivity (Wildman–Crippen MR) is 116 cm³/mol. The minimum absolute atomic E-state index is 0.0178. The molecule has 1 aliphatic rings. The lowest BCUT2D eigenvalue weighted by Gasteiger charge is -2.23. The number of benzene rings is 2. The molecule has 6 heteroatoms. The molecule has 6 nitrogen and oxygen atoms in total. The van der Waals surface area contributed by atoms with E-state index >= 15 is 0 Å². The molecule has 1 aliphatic heterocycles. The smallest absolute Gasteiger partial charge is 0.252 e. The molecule has 1 atom stereocenters. The maximum atomic E-state index is 12.7. The van der Waals surface area contributed by atoms with Gasteiger partial charge in [0.2, 0.25) is 0 Å². The second kappa shape index (κ2) is 7.37. The van der Waals surface area contributed by atoms with Gasteiger partial charge in [0.1, 0.15) is 0 Å². The first-order valence-corrected chi connectivity index (χ1v) is 10.1. The van der Waals surface area contributed by atoms with Crippen molar-refractivity contribution in [3.8, 4) is 0 Å². The second-order valence-electron chi connectivity index (χ2n) is 7.77.